The van der Waals surface area contributed by atoms with Crippen LogP contribution in [0.5, 0.6) is 0 Å². The van der Waals surface area contributed by atoms with Gasteiger partial charge in [0.15, 0.2) is 0 Å². The van der Waals surface area contributed by atoms with Crippen molar-refractivity contribution in [2.24, 2.45) is 12.8 Å². The number of aryl methyl sites for hydroxylation is 1. The van der Waals surface area contributed by atoms with E-state index in [1.165, 1.54) is 0 Å². The topological polar surface area (TPSA) is 55.9 Å². The Bertz CT molecular complexity index is 487. The van der Waals surface area contributed by atoms with Crippen LogP contribution in [0.1, 0.15) is 19.8 Å². The number of hydrogen-bond donors (Lipinski definition) is 2. The normalized spacial score (nSPS) is 12.9. The first kappa shape index (κ1) is 11.9. The molecule has 0 aliphatic carbocycles. The molecule has 0 radical (unpaired) electrons. The van der Waals surface area contributed by atoms with Crippen LogP contribution in [-0.2, 0) is 7.05 Å². The Morgan fingerprint density at radius 1 is 1.47 bits per heavy atom. The molecule has 3 N–H and O–H groups in total. The van der Waals surface area contributed by atoms with E-state index in [0.29, 0.717) is 0 Å². The number of hydrogen-bond acceptors (Lipinski definition) is 3. The number of benzene rings is 1. The maximum atomic E-state index is 5.71. The molecule has 0 saturated carbocycles. The third-order valence-electron chi connectivity index (χ3n) is 2.89. The quantitative estimate of drug-likeness (QED) is 0.776. The Labute approximate surface area is 102 Å². The zero-order valence-corrected chi connectivity index (χ0v) is 10.5. The minimum absolute atomic E-state index is 0.287. The zero-order valence-electron chi connectivity index (χ0n) is 10.5. The van der Waals surface area contributed by atoms with Gasteiger partial charge in [0.25, 0.3) is 0 Å². The summed E-state index contributed by atoms with van der Waals surface area (Å²) in [5.41, 5.74) is 9.02. The molecular weight excluding hydrogens is 212 g/mol. The Hall–Kier alpha value is -1.55. The van der Waals surface area contributed by atoms with E-state index in [2.05, 4.69) is 28.5 Å². The Kier molecular flexibility index (Phi) is 3.64. The van der Waals surface area contributed by atoms with E-state index in [0.717, 1.165) is 36.1 Å². The SMILES string of the molecule is CC(N)CCCNc1ccc2c(c1)ncn2C. The zero-order chi connectivity index (χ0) is 12.3. The molecule has 0 aliphatic rings. The van der Waals surface area contributed by atoms with Gasteiger partial charge in [0.05, 0.1) is 17.4 Å². The molecule has 0 bridgehead atoms. The minimum Gasteiger partial charge on any atom is -0.385 e. The smallest absolute Gasteiger partial charge is 0.0955 e. The molecule has 0 amide bonds. The molecule has 0 spiro atoms. The molecule has 2 aromatic rings. The summed E-state index contributed by atoms with van der Waals surface area (Å²) in [4.78, 5) is 4.34. The molecule has 0 fully saturated rings. The predicted molar refractivity (Wildman–Crippen MR) is 72.1 cm³/mol. The van der Waals surface area contributed by atoms with Gasteiger partial charge in [-0.15, -0.1) is 0 Å². The molecule has 1 aromatic heterocycles. The van der Waals surface area contributed by atoms with Crippen molar-refractivity contribution >= 4 is 16.7 Å². The molecule has 2 rings (SSSR count). The second-order valence-corrected chi connectivity index (χ2v) is 4.61. The Morgan fingerprint density at radius 2 is 2.29 bits per heavy atom. The second kappa shape index (κ2) is 5.19. The number of anilines is 1. The average Bonchev–Trinajstić information content (AvgIpc) is 2.66. The molecule has 17 heavy (non-hydrogen) atoms. The van der Waals surface area contributed by atoms with E-state index in [4.69, 9.17) is 5.73 Å². The van der Waals surface area contributed by atoms with Crippen molar-refractivity contribution in [1.29, 1.82) is 0 Å². The molecule has 1 aromatic carbocycles. The number of aromatic nitrogens is 2. The highest BCUT2D eigenvalue weighted by atomic mass is 15.0. The standard InChI is InChI=1S/C13H20N4/c1-10(14)4-3-7-15-11-5-6-13-12(8-11)16-9-17(13)2/h5-6,8-10,15H,3-4,7,14H2,1-2H3. The summed E-state index contributed by atoms with van der Waals surface area (Å²) in [7, 11) is 2.01. The molecule has 0 saturated heterocycles. The van der Waals surface area contributed by atoms with Gasteiger partial charge in [-0.1, -0.05) is 0 Å². The highest BCUT2D eigenvalue weighted by Gasteiger charge is 2.00. The van der Waals surface area contributed by atoms with E-state index < -0.39 is 0 Å². The van der Waals surface area contributed by atoms with Crippen molar-refractivity contribution in [2.75, 3.05) is 11.9 Å². The third kappa shape index (κ3) is 2.97. The summed E-state index contributed by atoms with van der Waals surface area (Å²) >= 11 is 0. The molecule has 1 atom stereocenters. The summed E-state index contributed by atoms with van der Waals surface area (Å²) in [6.07, 6.45) is 3.99. The van der Waals surface area contributed by atoms with Crippen LogP contribution in [0, 0.1) is 0 Å². The third-order valence-corrected chi connectivity index (χ3v) is 2.89. The lowest BCUT2D eigenvalue weighted by Crippen LogP contribution is -2.16. The Morgan fingerprint density at radius 3 is 3.06 bits per heavy atom. The predicted octanol–water partition coefficient (Wildman–Crippen LogP) is 2.11. The van der Waals surface area contributed by atoms with Gasteiger partial charge >= 0.3 is 0 Å². The summed E-state index contributed by atoms with van der Waals surface area (Å²) < 4.78 is 2.02. The molecule has 4 nitrogen and oxygen atoms in total. The van der Waals surface area contributed by atoms with Crippen LogP contribution in [0.25, 0.3) is 11.0 Å². The molecule has 1 heterocycles. The fourth-order valence-electron chi connectivity index (χ4n) is 1.90. The Balaban J connectivity index is 1.95. The van der Waals surface area contributed by atoms with E-state index >= 15 is 0 Å². The van der Waals surface area contributed by atoms with Crippen molar-refractivity contribution in [3.63, 3.8) is 0 Å². The van der Waals surface area contributed by atoms with E-state index in [-0.39, 0.29) is 6.04 Å². The van der Waals surface area contributed by atoms with Gasteiger partial charge in [0, 0.05) is 25.3 Å². The van der Waals surface area contributed by atoms with Crippen molar-refractivity contribution < 1.29 is 0 Å². The first-order chi connectivity index (χ1) is 8.16. The van der Waals surface area contributed by atoms with Crippen LogP contribution in [0.2, 0.25) is 0 Å². The molecule has 4 heteroatoms. The van der Waals surface area contributed by atoms with Gasteiger partial charge in [-0.3, -0.25) is 0 Å². The van der Waals surface area contributed by atoms with Gasteiger partial charge in [-0.2, -0.15) is 0 Å². The van der Waals surface area contributed by atoms with Crippen molar-refractivity contribution in [1.82, 2.24) is 9.55 Å². The molecule has 0 aliphatic heterocycles. The highest BCUT2D eigenvalue weighted by Crippen LogP contribution is 2.17. The number of nitrogens with zero attached hydrogens (tertiary/aromatic N) is 2. The van der Waals surface area contributed by atoms with Crippen molar-refractivity contribution in [3.8, 4) is 0 Å². The van der Waals surface area contributed by atoms with Gasteiger partial charge < -0.3 is 15.6 Å². The number of fused-ring (bicyclic) bond motifs is 1. The fraction of sp³-hybridized carbons (Fsp3) is 0.462. The minimum atomic E-state index is 0.287. The van der Waals surface area contributed by atoms with Gasteiger partial charge in [0.1, 0.15) is 0 Å². The lowest BCUT2D eigenvalue weighted by molar-refractivity contribution is 0.639. The second-order valence-electron chi connectivity index (χ2n) is 4.61. The molecule has 92 valence electrons. The van der Waals surface area contributed by atoms with E-state index in [1.54, 1.807) is 0 Å². The summed E-state index contributed by atoms with van der Waals surface area (Å²) in [6.45, 7) is 3.00. The summed E-state index contributed by atoms with van der Waals surface area (Å²) in [5, 5.41) is 3.40. The maximum Gasteiger partial charge on any atom is 0.0955 e. The number of nitrogens with two attached hydrogens (primary N) is 1. The maximum absolute atomic E-state index is 5.71. The van der Waals surface area contributed by atoms with Crippen LogP contribution < -0.4 is 11.1 Å². The first-order valence-corrected chi connectivity index (χ1v) is 6.07. The lowest BCUT2D eigenvalue weighted by Gasteiger charge is -2.08. The van der Waals surface area contributed by atoms with Gasteiger partial charge in [-0.05, 0) is 38.0 Å². The molecular formula is C13H20N4. The summed E-state index contributed by atoms with van der Waals surface area (Å²) in [6, 6.07) is 6.56. The monoisotopic (exact) mass is 232 g/mol. The van der Waals surface area contributed by atoms with Crippen molar-refractivity contribution in [2.45, 2.75) is 25.8 Å². The number of nitrogens with one attached hydrogen (secondary N) is 1. The number of rotatable bonds is 5. The van der Waals surface area contributed by atoms with Crippen LogP contribution >= 0.6 is 0 Å². The fourth-order valence-corrected chi connectivity index (χ4v) is 1.90. The summed E-state index contributed by atoms with van der Waals surface area (Å²) in [5.74, 6) is 0. The van der Waals surface area contributed by atoms with Crippen LogP contribution in [0.15, 0.2) is 24.5 Å². The van der Waals surface area contributed by atoms with Gasteiger partial charge in [-0.25, -0.2) is 4.98 Å². The van der Waals surface area contributed by atoms with E-state index in [1.807, 2.05) is 24.9 Å². The van der Waals surface area contributed by atoms with Crippen molar-refractivity contribution in [3.05, 3.63) is 24.5 Å². The molecule has 1 unspecified atom stereocenters. The largest absolute Gasteiger partial charge is 0.385 e. The average molecular weight is 232 g/mol. The van der Waals surface area contributed by atoms with Crippen LogP contribution in [0.4, 0.5) is 5.69 Å². The van der Waals surface area contributed by atoms with Crippen LogP contribution in [0.3, 0.4) is 0 Å². The number of imidazole rings is 1. The highest BCUT2D eigenvalue weighted by molar-refractivity contribution is 5.79. The lowest BCUT2D eigenvalue weighted by atomic mass is 10.2. The first-order valence-electron chi connectivity index (χ1n) is 6.07. The van der Waals surface area contributed by atoms with Crippen LogP contribution in [-0.4, -0.2) is 22.1 Å². The van der Waals surface area contributed by atoms with E-state index in [9.17, 15) is 0 Å². The van der Waals surface area contributed by atoms with Gasteiger partial charge in [0.2, 0.25) is 0 Å².